The first-order chi connectivity index (χ1) is 40.5. The molecule has 8 aromatic rings. The summed E-state index contributed by atoms with van der Waals surface area (Å²) in [5.41, 5.74) is 7.79. The minimum atomic E-state index is -1.54. The van der Waals surface area contributed by atoms with E-state index in [-0.39, 0.29) is 44.6 Å². The maximum atomic E-state index is 14.9. The highest BCUT2D eigenvalue weighted by molar-refractivity contribution is 5.86. The van der Waals surface area contributed by atoms with Gasteiger partial charge in [-0.3, -0.25) is 19.1 Å². The molecular weight excluding hydrogens is 1050 g/mol. The molecule has 3 aliphatic rings. The van der Waals surface area contributed by atoms with Crippen molar-refractivity contribution in [1.29, 1.82) is 0 Å². The van der Waals surface area contributed by atoms with Gasteiger partial charge in [0.25, 0.3) is 5.56 Å². The first-order valence-electron chi connectivity index (χ1n) is 27.7. The van der Waals surface area contributed by atoms with Gasteiger partial charge in [0.1, 0.15) is 54.6 Å². The topological polar surface area (TPSA) is 218 Å². The van der Waals surface area contributed by atoms with Crippen molar-refractivity contribution in [1.82, 2.24) is 25.5 Å². The standard InChI is InChI=1S/C66H63N5O12/c1-78-44-31-27-42(28-32-44)66(41-16-4-3-5-17-41,43-29-33-45(79-2)34-30-43)82-40-57-60(73)59(62(83-57)71-37-35-58(72)69-63(71)75)70-61(74)56(68-65(77)81-39-55-52-24-12-8-20-48(52)49-21-9-13-25-53(49)55)26-14-15-36-67-64(76)80-38-54-50-22-10-6-18-46(50)47-19-7-11-23-51(47)54/h3-13,16-25,27-35,37,54-57,59-60,62,73H,14-15,26,36,38-40H2,1-2H3,(H,67,76)(H,68,77)(H,70,74)(H,69,72,75)/t56-,57?,59?,60?,62?/m1/s1. The maximum absolute atomic E-state index is 14.9. The average molecular weight is 1120 g/mol. The lowest BCUT2D eigenvalue weighted by Crippen LogP contribution is -2.55. The van der Waals surface area contributed by atoms with E-state index in [4.69, 9.17) is 28.4 Å². The lowest BCUT2D eigenvalue weighted by molar-refractivity contribution is -0.125. The number of alkyl carbamates (subject to hydrolysis) is 2. The second-order valence-electron chi connectivity index (χ2n) is 20.7. The number of nitrogens with zero attached hydrogens (tertiary/aromatic N) is 1. The highest BCUT2D eigenvalue weighted by Gasteiger charge is 2.49. The van der Waals surface area contributed by atoms with Crippen LogP contribution in [0.2, 0.25) is 0 Å². The quantitative estimate of drug-likeness (QED) is 0.0337. The molecule has 17 nitrogen and oxygen atoms in total. The van der Waals surface area contributed by atoms with Crippen LogP contribution >= 0.6 is 0 Å². The molecule has 17 heteroatoms. The number of rotatable bonds is 21. The molecule has 2 aliphatic carbocycles. The minimum absolute atomic E-state index is 0.0240. The van der Waals surface area contributed by atoms with Crippen LogP contribution in [0.5, 0.6) is 11.5 Å². The number of aromatic amines is 1. The number of methoxy groups -OCH3 is 2. The zero-order valence-corrected chi connectivity index (χ0v) is 45.8. The molecule has 83 heavy (non-hydrogen) atoms. The number of nitrogens with one attached hydrogen (secondary N) is 4. The van der Waals surface area contributed by atoms with E-state index in [2.05, 4.69) is 33.1 Å². The van der Waals surface area contributed by atoms with Crippen LogP contribution in [-0.4, -0.2) is 97.6 Å². The highest BCUT2D eigenvalue weighted by atomic mass is 16.6. The Bertz CT molecular complexity index is 3580. The van der Waals surface area contributed by atoms with E-state index < -0.39 is 65.5 Å². The number of unbranched alkanes of at least 4 members (excludes halogenated alkanes) is 1. The fraction of sp³-hybridized carbons (Fsp3) is 0.258. The monoisotopic (exact) mass is 1120 g/mol. The number of aliphatic hydroxyl groups excluding tert-OH is 1. The molecule has 424 valence electrons. The Hall–Kier alpha value is -9.29. The van der Waals surface area contributed by atoms with Crippen molar-refractivity contribution in [2.45, 2.75) is 67.2 Å². The fourth-order valence-corrected chi connectivity index (χ4v) is 11.8. The number of H-pyrrole nitrogens is 1. The molecule has 4 unspecified atom stereocenters. The van der Waals surface area contributed by atoms with E-state index >= 15 is 0 Å². The molecule has 11 rings (SSSR count). The number of carbonyl (C=O) groups excluding carboxylic acids is 3. The zero-order chi connectivity index (χ0) is 57.5. The van der Waals surface area contributed by atoms with Gasteiger partial charge in [0.2, 0.25) is 5.91 Å². The molecule has 1 aliphatic heterocycles. The van der Waals surface area contributed by atoms with E-state index in [1.165, 1.54) is 6.20 Å². The predicted octanol–water partition coefficient (Wildman–Crippen LogP) is 8.92. The summed E-state index contributed by atoms with van der Waals surface area (Å²) >= 11 is 0. The van der Waals surface area contributed by atoms with Crippen LogP contribution in [0.1, 0.15) is 76.3 Å². The number of ether oxygens (including phenoxy) is 6. The number of amides is 3. The Balaban J connectivity index is 0.826. The Labute approximate surface area is 479 Å². The molecular formula is C66H63N5O12. The second kappa shape index (κ2) is 24.8. The number of hydrogen-bond acceptors (Lipinski definition) is 12. The summed E-state index contributed by atoms with van der Waals surface area (Å²) in [6, 6.07) is 54.9. The summed E-state index contributed by atoms with van der Waals surface area (Å²) in [6.07, 6.45) is -3.60. The van der Waals surface area contributed by atoms with Gasteiger partial charge in [-0.05, 0) is 105 Å². The Morgan fingerprint density at radius 1 is 0.602 bits per heavy atom. The maximum Gasteiger partial charge on any atom is 0.407 e. The molecule has 2 heterocycles. The Morgan fingerprint density at radius 2 is 1.08 bits per heavy atom. The molecule has 3 amide bonds. The van der Waals surface area contributed by atoms with Gasteiger partial charge in [-0.15, -0.1) is 0 Å². The van der Waals surface area contributed by atoms with Crippen LogP contribution in [0.4, 0.5) is 9.59 Å². The Kier molecular flexibility index (Phi) is 16.6. The largest absolute Gasteiger partial charge is 0.497 e. The van der Waals surface area contributed by atoms with Crippen molar-refractivity contribution in [3.05, 3.63) is 248 Å². The van der Waals surface area contributed by atoms with Gasteiger partial charge < -0.3 is 49.5 Å². The van der Waals surface area contributed by atoms with E-state index in [0.29, 0.717) is 35.5 Å². The van der Waals surface area contributed by atoms with Gasteiger partial charge in [0, 0.05) is 30.6 Å². The van der Waals surface area contributed by atoms with Crippen LogP contribution in [0, 0.1) is 0 Å². The molecule has 0 spiro atoms. The number of hydrogen-bond donors (Lipinski definition) is 5. The van der Waals surface area contributed by atoms with Crippen molar-refractivity contribution >= 4 is 18.1 Å². The average Bonchev–Trinajstić information content (AvgIpc) is 4.33. The predicted molar refractivity (Wildman–Crippen MR) is 310 cm³/mol. The first kappa shape index (κ1) is 55.6. The summed E-state index contributed by atoms with van der Waals surface area (Å²) in [7, 11) is 3.15. The SMILES string of the molecule is COc1ccc(C(OCC2OC(n3ccc(=O)[nH]c3=O)C(NC(=O)[C@@H](CCCCNC(=O)OCC3c4ccccc4-c4ccccc43)NC(=O)OCC3c4ccccc4-c4ccccc43)C2O)(c2ccccc2)c2ccc(OC)cc2)cc1. The second-order valence-corrected chi connectivity index (χ2v) is 20.7. The first-order valence-corrected chi connectivity index (χ1v) is 27.7. The van der Waals surface area contributed by atoms with Crippen LogP contribution in [0.3, 0.4) is 0 Å². The van der Waals surface area contributed by atoms with Gasteiger partial charge in [0.05, 0.1) is 20.8 Å². The zero-order valence-electron chi connectivity index (χ0n) is 45.8. The Morgan fingerprint density at radius 3 is 1.59 bits per heavy atom. The molecule has 0 bridgehead atoms. The number of benzene rings is 7. The van der Waals surface area contributed by atoms with Crippen molar-refractivity contribution in [2.75, 3.05) is 40.6 Å². The molecule has 7 aromatic carbocycles. The third kappa shape index (κ3) is 11.5. The van der Waals surface area contributed by atoms with E-state index in [1.54, 1.807) is 14.2 Å². The number of aromatic nitrogens is 2. The van der Waals surface area contributed by atoms with Gasteiger partial charge >= 0.3 is 17.9 Å². The van der Waals surface area contributed by atoms with E-state index in [0.717, 1.165) is 60.7 Å². The van der Waals surface area contributed by atoms with E-state index in [1.807, 2.05) is 164 Å². The summed E-state index contributed by atoms with van der Waals surface area (Å²) in [5, 5.41) is 21.0. The van der Waals surface area contributed by atoms with Gasteiger partial charge in [-0.1, -0.05) is 152 Å². The lowest BCUT2D eigenvalue weighted by Gasteiger charge is -2.37. The van der Waals surface area contributed by atoms with Gasteiger partial charge in [-0.2, -0.15) is 0 Å². The molecule has 5 atom stereocenters. The van der Waals surface area contributed by atoms with Crippen molar-refractivity contribution in [3.8, 4) is 33.8 Å². The summed E-state index contributed by atoms with van der Waals surface area (Å²) in [5.74, 6) is 0.122. The van der Waals surface area contributed by atoms with Crippen molar-refractivity contribution < 1.29 is 47.9 Å². The van der Waals surface area contributed by atoms with Gasteiger partial charge in [-0.25, -0.2) is 14.4 Å². The molecule has 1 aromatic heterocycles. The third-order valence-corrected chi connectivity index (χ3v) is 15.9. The lowest BCUT2D eigenvalue weighted by atomic mass is 9.80. The summed E-state index contributed by atoms with van der Waals surface area (Å²) in [4.78, 5) is 70.3. The minimum Gasteiger partial charge on any atom is -0.497 e. The van der Waals surface area contributed by atoms with Gasteiger partial charge in [0.15, 0.2) is 6.23 Å². The van der Waals surface area contributed by atoms with Crippen LogP contribution in [0.25, 0.3) is 22.3 Å². The normalized spacial score (nSPS) is 17.3. The third-order valence-electron chi connectivity index (χ3n) is 15.9. The van der Waals surface area contributed by atoms with E-state index in [9.17, 15) is 29.1 Å². The molecule has 1 saturated heterocycles. The molecule has 5 N–H and O–H groups in total. The smallest absolute Gasteiger partial charge is 0.407 e. The summed E-state index contributed by atoms with van der Waals surface area (Å²) in [6.45, 7) is 0.0138. The molecule has 1 fully saturated rings. The van der Waals surface area contributed by atoms with Crippen molar-refractivity contribution in [2.24, 2.45) is 0 Å². The number of fused-ring (bicyclic) bond motifs is 6. The van der Waals surface area contributed by atoms with Crippen LogP contribution in [0.15, 0.2) is 198 Å². The highest BCUT2D eigenvalue weighted by Crippen LogP contribution is 2.47. The summed E-state index contributed by atoms with van der Waals surface area (Å²) < 4.78 is 37.5. The molecule has 0 saturated carbocycles. The fourth-order valence-electron chi connectivity index (χ4n) is 11.8. The van der Waals surface area contributed by atoms with Crippen LogP contribution in [-0.2, 0) is 29.3 Å². The number of aliphatic hydroxyl groups is 1. The van der Waals surface area contributed by atoms with Crippen molar-refractivity contribution in [3.63, 3.8) is 0 Å². The number of carbonyl (C=O) groups is 3. The molecule has 0 radical (unpaired) electrons. The van der Waals surface area contributed by atoms with Crippen LogP contribution < -0.4 is 36.7 Å².